The van der Waals surface area contributed by atoms with Crippen molar-refractivity contribution in [2.75, 3.05) is 5.32 Å². The molecule has 3 heterocycles. The lowest BCUT2D eigenvalue weighted by molar-refractivity contribution is 0.102. The standard InChI is InChI=1S/C24H21FN6O/c25-19-11-10-17(23-30-29-21-9-5-2-6-12-31(21)23)13-20(19)28-24(32)18-14-26-22(27-15-18)16-7-3-1-4-8-16/h1,3-4,7-8,10-11,13-15H,2,5-6,9,12H2,(H,28,32). The number of benzene rings is 2. The maximum atomic E-state index is 14.5. The van der Waals surface area contributed by atoms with Crippen LogP contribution in [0.15, 0.2) is 60.9 Å². The third-order valence-corrected chi connectivity index (χ3v) is 5.53. The first-order chi connectivity index (χ1) is 15.7. The second kappa shape index (κ2) is 8.66. The Labute approximate surface area is 184 Å². The van der Waals surface area contributed by atoms with E-state index in [1.807, 2.05) is 30.3 Å². The molecule has 1 amide bonds. The van der Waals surface area contributed by atoms with Gasteiger partial charge >= 0.3 is 0 Å². The highest BCUT2D eigenvalue weighted by atomic mass is 19.1. The summed E-state index contributed by atoms with van der Waals surface area (Å²) in [6, 6.07) is 14.1. The van der Waals surface area contributed by atoms with Crippen molar-refractivity contribution in [3.8, 4) is 22.8 Å². The molecule has 0 unspecified atom stereocenters. The van der Waals surface area contributed by atoms with E-state index in [2.05, 4.69) is 30.0 Å². The summed E-state index contributed by atoms with van der Waals surface area (Å²) >= 11 is 0. The molecule has 0 fully saturated rings. The first-order valence-corrected chi connectivity index (χ1v) is 10.6. The lowest BCUT2D eigenvalue weighted by atomic mass is 10.1. The van der Waals surface area contributed by atoms with Crippen LogP contribution in [0.3, 0.4) is 0 Å². The van der Waals surface area contributed by atoms with Crippen LogP contribution in [0.4, 0.5) is 10.1 Å². The van der Waals surface area contributed by atoms with Crippen molar-refractivity contribution >= 4 is 11.6 Å². The van der Waals surface area contributed by atoms with Crippen molar-refractivity contribution in [3.05, 3.63) is 78.1 Å². The summed E-state index contributed by atoms with van der Waals surface area (Å²) in [7, 11) is 0. The molecule has 0 spiro atoms. The van der Waals surface area contributed by atoms with Gasteiger partial charge in [-0.1, -0.05) is 36.8 Å². The third-order valence-electron chi connectivity index (χ3n) is 5.53. The molecule has 1 aliphatic heterocycles. The van der Waals surface area contributed by atoms with Crippen molar-refractivity contribution in [2.24, 2.45) is 0 Å². The van der Waals surface area contributed by atoms with Crippen LogP contribution >= 0.6 is 0 Å². The minimum atomic E-state index is -0.528. The zero-order valence-corrected chi connectivity index (χ0v) is 17.3. The van der Waals surface area contributed by atoms with Crippen LogP contribution in [0.5, 0.6) is 0 Å². The van der Waals surface area contributed by atoms with Gasteiger partial charge < -0.3 is 9.88 Å². The number of halogens is 1. The molecular formula is C24H21FN6O. The van der Waals surface area contributed by atoms with Gasteiger partial charge in [0.15, 0.2) is 11.6 Å². The van der Waals surface area contributed by atoms with Crippen LogP contribution in [-0.2, 0) is 13.0 Å². The van der Waals surface area contributed by atoms with Crippen molar-refractivity contribution in [2.45, 2.75) is 32.2 Å². The topological polar surface area (TPSA) is 85.6 Å². The van der Waals surface area contributed by atoms with Gasteiger partial charge in [0.1, 0.15) is 11.6 Å². The van der Waals surface area contributed by atoms with E-state index in [1.54, 1.807) is 12.1 Å². The third kappa shape index (κ3) is 3.99. The van der Waals surface area contributed by atoms with Gasteiger partial charge in [0.05, 0.1) is 11.3 Å². The largest absolute Gasteiger partial charge is 0.319 e. The number of carbonyl (C=O) groups excluding carboxylic acids is 1. The summed E-state index contributed by atoms with van der Waals surface area (Å²) in [5.41, 5.74) is 1.88. The number of rotatable bonds is 4. The van der Waals surface area contributed by atoms with Gasteiger partial charge in [-0.05, 0) is 31.0 Å². The Kier molecular flexibility index (Phi) is 5.41. The van der Waals surface area contributed by atoms with Crippen LogP contribution in [0.1, 0.15) is 35.4 Å². The maximum Gasteiger partial charge on any atom is 0.258 e. The number of aryl methyl sites for hydroxylation is 1. The summed E-state index contributed by atoms with van der Waals surface area (Å²) < 4.78 is 16.6. The summed E-state index contributed by atoms with van der Waals surface area (Å²) in [5, 5.41) is 11.2. The van der Waals surface area contributed by atoms with E-state index in [4.69, 9.17) is 0 Å². The van der Waals surface area contributed by atoms with Gasteiger partial charge in [0, 0.05) is 36.5 Å². The Morgan fingerprint density at radius 2 is 1.75 bits per heavy atom. The molecule has 1 aliphatic rings. The molecule has 32 heavy (non-hydrogen) atoms. The van der Waals surface area contributed by atoms with Crippen LogP contribution < -0.4 is 5.32 Å². The highest BCUT2D eigenvalue weighted by molar-refractivity contribution is 6.04. The Morgan fingerprint density at radius 1 is 0.938 bits per heavy atom. The summed E-state index contributed by atoms with van der Waals surface area (Å²) in [6.45, 7) is 0.835. The number of hydrogen-bond acceptors (Lipinski definition) is 5. The fourth-order valence-corrected chi connectivity index (χ4v) is 3.83. The number of nitrogens with zero attached hydrogens (tertiary/aromatic N) is 5. The number of fused-ring (bicyclic) bond motifs is 1. The summed E-state index contributed by atoms with van der Waals surface area (Å²) in [6.07, 6.45) is 7.06. The molecule has 5 rings (SSSR count). The second-order valence-corrected chi connectivity index (χ2v) is 7.71. The van der Waals surface area contributed by atoms with Gasteiger partial charge in [-0.2, -0.15) is 0 Å². The maximum absolute atomic E-state index is 14.5. The van der Waals surface area contributed by atoms with E-state index in [9.17, 15) is 9.18 Å². The van der Waals surface area contributed by atoms with Gasteiger partial charge in [-0.25, -0.2) is 14.4 Å². The smallest absolute Gasteiger partial charge is 0.258 e. The van der Waals surface area contributed by atoms with Crippen molar-refractivity contribution < 1.29 is 9.18 Å². The van der Waals surface area contributed by atoms with E-state index in [0.717, 1.165) is 43.6 Å². The Bertz CT molecular complexity index is 1250. The van der Waals surface area contributed by atoms with Crippen molar-refractivity contribution in [1.29, 1.82) is 0 Å². The molecule has 0 bridgehead atoms. The average molecular weight is 428 g/mol. The molecule has 0 radical (unpaired) electrons. The molecule has 0 saturated carbocycles. The molecule has 1 N–H and O–H groups in total. The highest BCUT2D eigenvalue weighted by Crippen LogP contribution is 2.27. The SMILES string of the molecule is O=C(Nc1cc(-c2nnc3n2CCCCC3)ccc1F)c1cnc(-c2ccccc2)nc1. The molecule has 160 valence electrons. The molecule has 0 aliphatic carbocycles. The Balaban J connectivity index is 1.38. The predicted octanol–water partition coefficient (Wildman–Crippen LogP) is 4.52. The molecular weight excluding hydrogens is 407 g/mol. The molecule has 7 nitrogen and oxygen atoms in total. The van der Waals surface area contributed by atoms with E-state index >= 15 is 0 Å². The first kappa shape index (κ1) is 20.0. The molecule has 4 aromatic rings. The van der Waals surface area contributed by atoms with E-state index in [-0.39, 0.29) is 11.3 Å². The van der Waals surface area contributed by atoms with Crippen molar-refractivity contribution in [1.82, 2.24) is 24.7 Å². The number of anilines is 1. The summed E-state index contributed by atoms with van der Waals surface area (Å²) in [5.74, 6) is 1.14. The van der Waals surface area contributed by atoms with Crippen LogP contribution in [0, 0.1) is 5.82 Å². The quantitative estimate of drug-likeness (QED) is 0.517. The van der Waals surface area contributed by atoms with Crippen molar-refractivity contribution in [3.63, 3.8) is 0 Å². The number of carbonyl (C=O) groups is 1. The Hall–Kier alpha value is -3.94. The molecule has 2 aromatic carbocycles. The lowest BCUT2D eigenvalue weighted by Crippen LogP contribution is -2.14. The normalized spacial score (nSPS) is 13.3. The van der Waals surface area contributed by atoms with Gasteiger partial charge in [0.2, 0.25) is 0 Å². The zero-order valence-electron chi connectivity index (χ0n) is 17.3. The molecule has 8 heteroatoms. The minimum Gasteiger partial charge on any atom is -0.319 e. The molecule has 0 saturated heterocycles. The average Bonchev–Trinajstić information content (AvgIpc) is 3.09. The van der Waals surface area contributed by atoms with E-state index in [0.29, 0.717) is 17.2 Å². The minimum absolute atomic E-state index is 0.0746. The highest BCUT2D eigenvalue weighted by Gasteiger charge is 2.18. The molecule has 0 atom stereocenters. The van der Waals surface area contributed by atoms with Crippen LogP contribution in [0.25, 0.3) is 22.8 Å². The first-order valence-electron chi connectivity index (χ1n) is 10.6. The van der Waals surface area contributed by atoms with Crippen LogP contribution in [-0.4, -0.2) is 30.6 Å². The second-order valence-electron chi connectivity index (χ2n) is 7.71. The zero-order chi connectivity index (χ0) is 21.9. The van der Waals surface area contributed by atoms with E-state index < -0.39 is 11.7 Å². The Morgan fingerprint density at radius 3 is 2.56 bits per heavy atom. The lowest BCUT2D eigenvalue weighted by Gasteiger charge is -2.10. The fraction of sp³-hybridized carbons (Fsp3) is 0.208. The van der Waals surface area contributed by atoms with Crippen LogP contribution in [0.2, 0.25) is 0 Å². The molecule has 2 aromatic heterocycles. The number of aromatic nitrogens is 5. The summed E-state index contributed by atoms with van der Waals surface area (Å²) in [4.78, 5) is 21.2. The van der Waals surface area contributed by atoms with E-state index in [1.165, 1.54) is 18.5 Å². The number of hydrogen-bond donors (Lipinski definition) is 1. The monoisotopic (exact) mass is 428 g/mol. The number of nitrogens with one attached hydrogen (secondary N) is 1. The number of amides is 1. The van der Waals surface area contributed by atoms with Gasteiger partial charge in [-0.3, -0.25) is 4.79 Å². The fourth-order valence-electron chi connectivity index (χ4n) is 3.83. The van der Waals surface area contributed by atoms with Gasteiger partial charge in [-0.15, -0.1) is 10.2 Å². The predicted molar refractivity (Wildman–Crippen MR) is 118 cm³/mol. The van der Waals surface area contributed by atoms with Gasteiger partial charge in [0.25, 0.3) is 5.91 Å².